The maximum atomic E-state index is 11.5. The molecule has 0 radical (unpaired) electrons. The number of rotatable bonds is 6. The number of hydrogen-bond donors (Lipinski definition) is 0. The first-order valence-corrected chi connectivity index (χ1v) is 5.58. The first-order valence-electron chi connectivity index (χ1n) is 5.58. The van der Waals surface area contributed by atoms with E-state index in [0.29, 0.717) is 19.1 Å². The van der Waals surface area contributed by atoms with Crippen molar-refractivity contribution in [1.82, 2.24) is 5.01 Å². The van der Waals surface area contributed by atoms with Gasteiger partial charge in [0, 0.05) is 12.8 Å². The van der Waals surface area contributed by atoms with E-state index in [1.165, 1.54) is 5.01 Å². The molecule has 0 saturated heterocycles. The van der Waals surface area contributed by atoms with E-state index in [-0.39, 0.29) is 6.09 Å². The van der Waals surface area contributed by atoms with Crippen LogP contribution in [-0.2, 0) is 4.74 Å². The molecule has 0 atom stereocenters. The van der Waals surface area contributed by atoms with E-state index in [0.717, 1.165) is 12.8 Å². The Hall–Kier alpha value is -1.06. The third kappa shape index (κ3) is 6.94. The first kappa shape index (κ1) is 13.9. The molecular formula is C11H22N2O2. The van der Waals surface area contributed by atoms with Crippen molar-refractivity contribution in [1.29, 1.82) is 0 Å². The zero-order valence-electron chi connectivity index (χ0n) is 10.2. The van der Waals surface area contributed by atoms with Crippen LogP contribution in [0, 0.1) is 5.92 Å². The molecule has 0 aromatic carbocycles. The van der Waals surface area contributed by atoms with Crippen LogP contribution in [0.5, 0.6) is 0 Å². The second-order valence-corrected chi connectivity index (χ2v) is 3.71. The summed E-state index contributed by atoms with van der Waals surface area (Å²) in [6.07, 6.45) is 3.11. The molecule has 0 spiro atoms. The van der Waals surface area contributed by atoms with E-state index in [1.54, 1.807) is 13.1 Å². The third-order valence-electron chi connectivity index (χ3n) is 1.80. The highest BCUT2D eigenvalue weighted by Crippen LogP contribution is 2.04. The molecule has 0 N–H and O–H groups in total. The predicted octanol–water partition coefficient (Wildman–Crippen LogP) is 2.89. The fourth-order valence-electron chi connectivity index (χ4n) is 0.955. The molecule has 1 amide bonds. The Bertz CT molecular complexity index is 203. The molecule has 0 aromatic heterocycles. The summed E-state index contributed by atoms with van der Waals surface area (Å²) in [5, 5.41) is 5.46. The van der Waals surface area contributed by atoms with Gasteiger partial charge in [-0.3, -0.25) is 0 Å². The summed E-state index contributed by atoms with van der Waals surface area (Å²) in [5.41, 5.74) is 0. The number of carbonyl (C=O) groups is 1. The van der Waals surface area contributed by atoms with Crippen molar-refractivity contribution < 1.29 is 9.53 Å². The van der Waals surface area contributed by atoms with Crippen LogP contribution in [0.3, 0.4) is 0 Å². The molecule has 0 aliphatic heterocycles. The normalized spacial score (nSPS) is 11.0. The summed E-state index contributed by atoms with van der Waals surface area (Å²) in [5.74, 6) is 0.554. The highest BCUT2D eigenvalue weighted by molar-refractivity contribution is 5.69. The van der Waals surface area contributed by atoms with Crippen molar-refractivity contribution in [2.45, 2.75) is 40.5 Å². The monoisotopic (exact) mass is 214 g/mol. The van der Waals surface area contributed by atoms with Crippen LogP contribution < -0.4 is 0 Å². The highest BCUT2D eigenvalue weighted by atomic mass is 16.6. The lowest BCUT2D eigenvalue weighted by Crippen LogP contribution is -2.28. The number of hydrogen-bond acceptors (Lipinski definition) is 3. The Morgan fingerprint density at radius 1 is 1.47 bits per heavy atom. The number of carbonyl (C=O) groups excluding carboxylic acids is 1. The molecule has 0 aromatic rings. The van der Waals surface area contributed by atoms with Crippen LogP contribution in [0.1, 0.15) is 40.5 Å². The first-order chi connectivity index (χ1) is 7.11. The van der Waals surface area contributed by atoms with E-state index in [2.05, 4.69) is 18.9 Å². The minimum atomic E-state index is -0.358. The largest absolute Gasteiger partial charge is 0.448 e. The average molecular weight is 214 g/mol. The average Bonchev–Trinajstić information content (AvgIpc) is 2.17. The van der Waals surface area contributed by atoms with Crippen molar-refractivity contribution in [3.05, 3.63) is 0 Å². The lowest BCUT2D eigenvalue weighted by atomic mass is 10.1. The third-order valence-corrected chi connectivity index (χ3v) is 1.80. The van der Waals surface area contributed by atoms with E-state index in [1.807, 2.05) is 6.92 Å². The molecule has 15 heavy (non-hydrogen) atoms. The Morgan fingerprint density at radius 2 is 2.13 bits per heavy atom. The van der Waals surface area contributed by atoms with Gasteiger partial charge in [-0.1, -0.05) is 20.8 Å². The Labute approximate surface area is 92.3 Å². The molecule has 0 aliphatic rings. The number of nitrogens with zero attached hydrogens (tertiary/aromatic N) is 2. The fourth-order valence-corrected chi connectivity index (χ4v) is 0.955. The molecule has 4 heteroatoms. The molecule has 0 rings (SSSR count). The zero-order valence-corrected chi connectivity index (χ0v) is 10.2. The Morgan fingerprint density at radius 3 is 2.60 bits per heavy atom. The molecule has 0 aliphatic carbocycles. The van der Waals surface area contributed by atoms with E-state index in [9.17, 15) is 4.79 Å². The SMILES string of the molecule is CCC=NN(CCC(C)C)C(=O)OCC. The van der Waals surface area contributed by atoms with Crippen LogP contribution in [0.4, 0.5) is 4.79 Å². The standard InChI is InChI=1S/C11H22N2O2/c1-5-8-12-13(9-7-10(3)4)11(14)15-6-2/h8,10H,5-7,9H2,1-4H3. The second-order valence-electron chi connectivity index (χ2n) is 3.71. The second kappa shape index (κ2) is 8.26. The van der Waals surface area contributed by atoms with Crippen LogP contribution in [0.25, 0.3) is 0 Å². The maximum Gasteiger partial charge on any atom is 0.430 e. The number of ether oxygens (including phenoxy) is 1. The lowest BCUT2D eigenvalue weighted by molar-refractivity contribution is 0.107. The highest BCUT2D eigenvalue weighted by Gasteiger charge is 2.12. The molecule has 88 valence electrons. The number of amides is 1. The van der Waals surface area contributed by atoms with Gasteiger partial charge in [0.1, 0.15) is 0 Å². The summed E-state index contributed by atoms with van der Waals surface area (Å²) in [6.45, 7) is 9.02. The molecule has 0 fully saturated rings. The Balaban J connectivity index is 4.17. The van der Waals surface area contributed by atoms with Gasteiger partial charge in [-0.2, -0.15) is 10.1 Å². The van der Waals surface area contributed by atoms with Gasteiger partial charge in [0.15, 0.2) is 0 Å². The van der Waals surface area contributed by atoms with Gasteiger partial charge in [-0.25, -0.2) is 4.79 Å². The van der Waals surface area contributed by atoms with E-state index < -0.39 is 0 Å². The van der Waals surface area contributed by atoms with Crippen molar-refractivity contribution in [2.24, 2.45) is 11.0 Å². The van der Waals surface area contributed by atoms with Gasteiger partial charge in [-0.15, -0.1) is 0 Å². The molecule has 0 heterocycles. The van der Waals surface area contributed by atoms with Crippen LogP contribution >= 0.6 is 0 Å². The minimum absolute atomic E-state index is 0.358. The molecule has 4 nitrogen and oxygen atoms in total. The minimum Gasteiger partial charge on any atom is -0.448 e. The van der Waals surface area contributed by atoms with Crippen LogP contribution in [-0.4, -0.2) is 30.5 Å². The van der Waals surface area contributed by atoms with Crippen molar-refractivity contribution in [2.75, 3.05) is 13.2 Å². The van der Waals surface area contributed by atoms with Crippen molar-refractivity contribution in [3.63, 3.8) is 0 Å². The van der Waals surface area contributed by atoms with E-state index in [4.69, 9.17) is 4.74 Å². The van der Waals surface area contributed by atoms with Gasteiger partial charge >= 0.3 is 6.09 Å². The maximum absolute atomic E-state index is 11.5. The topological polar surface area (TPSA) is 41.9 Å². The molecular weight excluding hydrogens is 192 g/mol. The Kier molecular flexibility index (Phi) is 7.68. The van der Waals surface area contributed by atoms with Crippen molar-refractivity contribution in [3.8, 4) is 0 Å². The predicted molar refractivity (Wildman–Crippen MR) is 62.0 cm³/mol. The van der Waals surface area contributed by atoms with Gasteiger partial charge in [-0.05, 0) is 25.7 Å². The molecule has 0 unspecified atom stereocenters. The fraction of sp³-hybridized carbons (Fsp3) is 0.818. The summed E-state index contributed by atoms with van der Waals surface area (Å²) >= 11 is 0. The van der Waals surface area contributed by atoms with E-state index >= 15 is 0 Å². The van der Waals surface area contributed by atoms with Gasteiger partial charge < -0.3 is 4.74 Å². The smallest absolute Gasteiger partial charge is 0.430 e. The summed E-state index contributed by atoms with van der Waals surface area (Å²) in [7, 11) is 0. The van der Waals surface area contributed by atoms with Crippen molar-refractivity contribution >= 4 is 12.3 Å². The van der Waals surface area contributed by atoms with Crippen LogP contribution in [0.15, 0.2) is 5.10 Å². The quantitative estimate of drug-likeness (QED) is 0.504. The summed E-state index contributed by atoms with van der Waals surface area (Å²) in [6, 6.07) is 0. The van der Waals surface area contributed by atoms with Gasteiger partial charge in [0.2, 0.25) is 0 Å². The molecule has 0 bridgehead atoms. The summed E-state index contributed by atoms with van der Waals surface area (Å²) < 4.78 is 4.91. The zero-order chi connectivity index (χ0) is 11.7. The number of hydrazone groups is 1. The van der Waals surface area contributed by atoms with Crippen LogP contribution in [0.2, 0.25) is 0 Å². The summed E-state index contributed by atoms with van der Waals surface area (Å²) in [4.78, 5) is 11.5. The van der Waals surface area contributed by atoms with Gasteiger partial charge in [0.05, 0.1) is 6.61 Å². The lowest BCUT2D eigenvalue weighted by Gasteiger charge is -2.17. The van der Waals surface area contributed by atoms with Gasteiger partial charge in [0.25, 0.3) is 0 Å². The molecule has 0 saturated carbocycles.